The van der Waals surface area contributed by atoms with Crippen molar-refractivity contribution in [1.29, 1.82) is 0 Å². The zero-order valence-corrected chi connectivity index (χ0v) is 9.64. The van der Waals surface area contributed by atoms with Crippen LogP contribution in [0.25, 0.3) is 0 Å². The van der Waals surface area contributed by atoms with Gasteiger partial charge in [0.05, 0.1) is 0 Å². The van der Waals surface area contributed by atoms with Gasteiger partial charge in [-0.15, -0.1) is 0 Å². The molecular formula is C10H19NO2S. The van der Waals surface area contributed by atoms with E-state index in [-0.39, 0.29) is 6.04 Å². The summed E-state index contributed by atoms with van der Waals surface area (Å²) in [4.78, 5) is 10.9. The number of carboxylic acid groups (broad SMARTS) is 1. The maximum absolute atomic E-state index is 10.9. The molecule has 0 heterocycles. The van der Waals surface area contributed by atoms with Gasteiger partial charge in [0, 0.05) is 6.04 Å². The highest BCUT2D eigenvalue weighted by Gasteiger charge is 2.27. The first-order valence-electron chi connectivity index (χ1n) is 5.20. The van der Waals surface area contributed by atoms with Gasteiger partial charge < -0.3 is 10.4 Å². The van der Waals surface area contributed by atoms with Crippen LogP contribution in [0, 0.1) is 0 Å². The normalized spacial score (nSPS) is 18.5. The molecule has 1 unspecified atom stereocenters. The Balaban J connectivity index is 2.17. The van der Waals surface area contributed by atoms with Crippen molar-refractivity contribution in [3.05, 3.63) is 0 Å². The average molecular weight is 217 g/mol. The van der Waals surface area contributed by atoms with E-state index in [9.17, 15) is 4.79 Å². The van der Waals surface area contributed by atoms with E-state index in [1.807, 2.05) is 11.8 Å². The minimum absolute atomic E-state index is 0.339. The fraction of sp³-hybridized carbons (Fsp3) is 0.900. The van der Waals surface area contributed by atoms with Gasteiger partial charge in [0.2, 0.25) is 0 Å². The van der Waals surface area contributed by atoms with Crippen molar-refractivity contribution in [3.8, 4) is 0 Å². The second-order valence-corrected chi connectivity index (χ2v) is 5.72. The molecule has 0 bridgehead atoms. The number of rotatable bonds is 7. The molecule has 1 aliphatic carbocycles. The Bertz CT molecular complexity index is 193. The van der Waals surface area contributed by atoms with E-state index >= 15 is 0 Å². The van der Waals surface area contributed by atoms with E-state index in [2.05, 4.69) is 19.2 Å². The quantitative estimate of drug-likeness (QED) is 0.682. The zero-order valence-electron chi connectivity index (χ0n) is 8.82. The lowest BCUT2D eigenvalue weighted by Crippen LogP contribution is -2.38. The van der Waals surface area contributed by atoms with Crippen molar-refractivity contribution < 1.29 is 9.90 Å². The third-order valence-corrected chi connectivity index (χ3v) is 3.31. The summed E-state index contributed by atoms with van der Waals surface area (Å²) in [5.74, 6) is 0.218. The third-order valence-electron chi connectivity index (χ3n) is 2.17. The Morgan fingerprint density at radius 1 is 1.57 bits per heavy atom. The summed E-state index contributed by atoms with van der Waals surface area (Å²) in [6.07, 6.45) is 3.01. The van der Waals surface area contributed by atoms with Gasteiger partial charge in [0.25, 0.3) is 0 Å². The molecule has 1 aliphatic rings. The molecule has 0 spiro atoms. The summed E-state index contributed by atoms with van der Waals surface area (Å²) in [5.41, 5.74) is 0. The molecule has 2 N–H and O–H groups in total. The third kappa shape index (κ3) is 4.86. The van der Waals surface area contributed by atoms with Gasteiger partial charge in [-0.1, -0.05) is 13.8 Å². The molecule has 14 heavy (non-hydrogen) atoms. The summed E-state index contributed by atoms with van der Waals surface area (Å²) in [6, 6.07) is 0.133. The molecule has 1 fully saturated rings. The molecular weight excluding hydrogens is 198 g/mol. The Kier molecular flexibility index (Phi) is 4.75. The molecule has 82 valence electrons. The van der Waals surface area contributed by atoms with Gasteiger partial charge in [-0.25, -0.2) is 0 Å². The fourth-order valence-electron chi connectivity index (χ4n) is 1.23. The first-order chi connectivity index (χ1) is 6.59. The summed E-state index contributed by atoms with van der Waals surface area (Å²) >= 11 is 1.82. The Morgan fingerprint density at radius 3 is 2.64 bits per heavy atom. The first-order valence-corrected chi connectivity index (χ1v) is 6.25. The maximum Gasteiger partial charge on any atom is 0.320 e. The SMILES string of the molecule is CC(C)SCCC(NC1CC1)C(=O)O. The van der Waals surface area contributed by atoms with E-state index < -0.39 is 5.97 Å². The van der Waals surface area contributed by atoms with Crippen LogP contribution in [0.2, 0.25) is 0 Å². The van der Waals surface area contributed by atoms with Gasteiger partial charge in [-0.05, 0) is 30.3 Å². The minimum atomic E-state index is -0.707. The van der Waals surface area contributed by atoms with E-state index in [0.717, 1.165) is 25.0 Å². The molecule has 1 atom stereocenters. The number of carbonyl (C=O) groups is 1. The lowest BCUT2D eigenvalue weighted by atomic mass is 10.2. The molecule has 0 aromatic heterocycles. The van der Waals surface area contributed by atoms with E-state index in [4.69, 9.17) is 5.11 Å². The van der Waals surface area contributed by atoms with E-state index in [1.54, 1.807) is 0 Å². The number of aliphatic carboxylic acids is 1. The van der Waals surface area contributed by atoms with Crippen LogP contribution >= 0.6 is 11.8 Å². The van der Waals surface area contributed by atoms with Crippen molar-refractivity contribution in [3.63, 3.8) is 0 Å². The lowest BCUT2D eigenvalue weighted by molar-refractivity contribution is -0.139. The highest BCUT2D eigenvalue weighted by Crippen LogP contribution is 2.21. The van der Waals surface area contributed by atoms with Crippen molar-refractivity contribution >= 4 is 17.7 Å². The van der Waals surface area contributed by atoms with Gasteiger partial charge >= 0.3 is 5.97 Å². The largest absolute Gasteiger partial charge is 0.480 e. The van der Waals surface area contributed by atoms with Crippen LogP contribution in [0.5, 0.6) is 0 Å². The number of thioether (sulfide) groups is 1. The average Bonchev–Trinajstić information content (AvgIpc) is 2.85. The summed E-state index contributed by atoms with van der Waals surface area (Å²) in [5, 5.41) is 12.7. The fourth-order valence-corrected chi connectivity index (χ4v) is 2.08. The van der Waals surface area contributed by atoms with E-state index in [1.165, 1.54) is 0 Å². The highest BCUT2D eigenvalue weighted by molar-refractivity contribution is 7.99. The van der Waals surface area contributed by atoms with Crippen LogP contribution in [-0.2, 0) is 4.79 Å². The molecule has 0 amide bonds. The van der Waals surface area contributed by atoms with Crippen LogP contribution in [0.4, 0.5) is 0 Å². The van der Waals surface area contributed by atoms with Crippen molar-refractivity contribution in [2.75, 3.05) is 5.75 Å². The monoisotopic (exact) mass is 217 g/mol. The molecule has 1 rings (SSSR count). The number of hydrogen-bond donors (Lipinski definition) is 2. The first kappa shape index (κ1) is 11.9. The van der Waals surface area contributed by atoms with Crippen molar-refractivity contribution in [2.24, 2.45) is 0 Å². The van der Waals surface area contributed by atoms with Gasteiger partial charge in [-0.3, -0.25) is 4.79 Å². The predicted molar refractivity (Wildman–Crippen MR) is 59.8 cm³/mol. The summed E-state index contributed by atoms with van der Waals surface area (Å²) in [7, 11) is 0. The van der Waals surface area contributed by atoms with E-state index in [0.29, 0.717) is 11.3 Å². The zero-order chi connectivity index (χ0) is 10.6. The molecule has 0 aliphatic heterocycles. The van der Waals surface area contributed by atoms with Crippen LogP contribution in [0.1, 0.15) is 33.1 Å². The maximum atomic E-state index is 10.9. The molecule has 0 saturated heterocycles. The second kappa shape index (κ2) is 5.61. The predicted octanol–water partition coefficient (Wildman–Crippen LogP) is 1.72. The van der Waals surface area contributed by atoms with Crippen molar-refractivity contribution in [1.82, 2.24) is 5.32 Å². The Hall–Kier alpha value is -0.220. The van der Waals surface area contributed by atoms with Crippen LogP contribution in [-0.4, -0.2) is 34.2 Å². The number of carboxylic acids is 1. The van der Waals surface area contributed by atoms with Gasteiger partial charge in [0.1, 0.15) is 6.04 Å². The van der Waals surface area contributed by atoms with Crippen LogP contribution < -0.4 is 5.32 Å². The molecule has 3 nitrogen and oxygen atoms in total. The summed E-state index contributed by atoms with van der Waals surface area (Å²) in [6.45, 7) is 4.27. The molecule has 4 heteroatoms. The number of nitrogens with one attached hydrogen (secondary N) is 1. The van der Waals surface area contributed by atoms with Gasteiger partial charge in [-0.2, -0.15) is 11.8 Å². The lowest BCUT2D eigenvalue weighted by Gasteiger charge is -2.14. The Labute approximate surface area is 89.6 Å². The second-order valence-electron chi connectivity index (χ2n) is 4.04. The molecule has 0 aromatic carbocycles. The molecule has 0 aromatic rings. The molecule has 0 radical (unpaired) electrons. The van der Waals surface area contributed by atoms with Gasteiger partial charge in [0.15, 0.2) is 0 Å². The van der Waals surface area contributed by atoms with Crippen LogP contribution in [0.3, 0.4) is 0 Å². The smallest absolute Gasteiger partial charge is 0.320 e. The minimum Gasteiger partial charge on any atom is -0.480 e. The van der Waals surface area contributed by atoms with Crippen LogP contribution in [0.15, 0.2) is 0 Å². The number of hydrogen-bond acceptors (Lipinski definition) is 3. The van der Waals surface area contributed by atoms with Crippen molar-refractivity contribution in [2.45, 2.75) is 50.4 Å². The Morgan fingerprint density at radius 2 is 2.21 bits per heavy atom. The topological polar surface area (TPSA) is 49.3 Å². The highest BCUT2D eigenvalue weighted by atomic mass is 32.2. The standard InChI is InChI=1S/C10H19NO2S/c1-7(2)14-6-5-9(10(12)13)11-8-3-4-8/h7-9,11H,3-6H2,1-2H3,(H,12,13). The summed E-state index contributed by atoms with van der Waals surface area (Å²) < 4.78 is 0. The molecule has 1 saturated carbocycles.